The third-order valence-electron chi connectivity index (χ3n) is 4.68. The number of tetrazole rings is 1. The van der Waals surface area contributed by atoms with Crippen molar-refractivity contribution in [3.63, 3.8) is 0 Å². The van der Waals surface area contributed by atoms with Crippen molar-refractivity contribution in [3.8, 4) is 11.4 Å². The SMILES string of the molecule is COc1ccc(C)cc1-n1nnnc1SC(C(=O)Nc1ccc(F)cc1)c1ccccc1. The predicted octanol–water partition coefficient (Wildman–Crippen LogP) is 4.59. The van der Waals surface area contributed by atoms with Crippen molar-refractivity contribution in [2.24, 2.45) is 0 Å². The number of aromatic nitrogens is 4. The monoisotopic (exact) mass is 449 g/mol. The van der Waals surface area contributed by atoms with Crippen LogP contribution in [0.3, 0.4) is 0 Å². The molecule has 0 aliphatic rings. The van der Waals surface area contributed by atoms with E-state index in [9.17, 15) is 9.18 Å². The van der Waals surface area contributed by atoms with Gasteiger partial charge in [0.2, 0.25) is 11.1 Å². The summed E-state index contributed by atoms with van der Waals surface area (Å²) < 4.78 is 20.3. The van der Waals surface area contributed by atoms with E-state index >= 15 is 0 Å². The number of carbonyl (C=O) groups excluding carboxylic acids is 1. The zero-order valence-electron chi connectivity index (χ0n) is 17.4. The van der Waals surface area contributed by atoms with Crippen LogP contribution in [0.5, 0.6) is 5.75 Å². The molecule has 162 valence electrons. The van der Waals surface area contributed by atoms with Gasteiger partial charge >= 0.3 is 0 Å². The summed E-state index contributed by atoms with van der Waals surface area (Å²) in [7, 11) is 1.58. The fraction of sp³-hybridized carbons (Fsp3) is 0.130. The number of benzene rings is 3. The van der Waals surface area contributed by atoms with E-state index in [2.05, 4.69) is 20.8 Å². The van der Waals surface area contributed by atoms with Crippen LogP contribution in [-0.2, 0) is 4.79 Å². The fourth-order valence-electron chi connectivity index (χ4n) is 3.12. The number of anilines is 1. The highest BCUT2D eigenvalue weighted by molar-refractivity contribution is 8.00. The van der Waals surface area contributed by atoms with E-state index in [0.717, 1.165) is 11.1 Å². The van der Waals surface area contributed by atoms with Crippen LogP contribution in [0, 0.1) is 12.7 Å². The van der Waals surface area contributed by atoms with Crippen LogP contribution in [0.15, 0.2) is 78.0 Å². The first-order valence-corrected chi connectivity index (χ1v) is 10.6. The molecule has 4 rings (SSSR count). The van der Waals surface area contributed by atoms with Gasteiger partial charge in [0.1, 0.15) is 22.5 Å². The smallest absolute Gasteiger partial charge is 0.242 e. The summed E-state index contributed by atoms with van der Waals surface area (Å²) in [6.07, 6.45) is 0. The number of ether oxygens (including phenoxy) is 1. The maximum absolute atomic E-state index is 13.2. The summed E-state index contributed by atoms with van der Waals surface area (Å²) >= 11 is 1.21. The average Bonchev–Trinajstić information content (AvgIpc) is 3.27. The molecule has 0 aliphatic carbocycles. The number of nitrogens with one attached hydrogen (secondary N) is 1. The molecule has 7 nitrogen and oxygen atoms in total. The van der Waals surface area contributed by atoms with Gasteiger partial charge in [0.15, 0.2) is 0 Å². The molecule has 1 aromatic heterocycles. The molecule has 0 aliphatic heterocycles. The van der Waals surface area contributed by atoms with Crippen molar-refractivity contribution in [2.75, 3.05) is 12.4 Å². The second-order valence-corrected chi connectivity index (χ2v) is 8.03. The average molecular weight is 450 g/mol. The van der Waals surface area contributed by atoms with Gasteiger partial charge in [0, 0.05) is 5.69 Å². The van der Waals surface area contributed by atoms with Gasteiger partial charge in [-0.15, -0.1) is 5.10 Å². The molecule has 32 heavy (non-hydrogen) atoms. The van der Waals surface area contributed by atoms with Gasteiger partial charge in [-0.2, -0.15) is 4.68 Å². The van der Waals surface area contributed by atoms with E-state index < -0.39 is 5.25 Å². The van der Waals surface area contributed by atoms with Gasteiger partial charge in [-0.25, -0.2) is 4.39 Å². The van der Waals surface area contributed by atoms with Gasteiger partial charge < -0.3 is 10.1 Å². The van der Waals surface area contributed by atoms with Crippen molar-refractivity contribution < 1.29 is 13.9 Å². The Morgan fingerprint density at radius 1 is 1.09 bits per heavy atom. The lowest BCUT2D eigenvalue weighted by Gasteiger charge is -2.17. The molecular formula is C23H20FN5O2S. The van der Waals surface area contributed by atoms with E-state index in [4.69, 9.17) is 4.74 Å². The summed E-state index contributed by atoms with van der Waals surface area (Å²) in [5.74, 6) is -0.0430. The molecule has 3 aromatic carbocycles. The van der Waals surface area contributed by atoms with Gasteiger partial charge in [0.05, 0.1) is 7.11 Å². The van der Waals surface area contributed by atoms with E-state index in [1.807, 2.05) is 55.5 Å². The molecule has 9 heteroatoms. The van der Waals surface area contributed by atoms with Crippen LogP contribution < -0.4 is 10.1 Å². The normalized spacial score (nSPS) is 11.7. The molecule has 1 N–H and O–H groups in total. The van der Waals surface area contributed by atoms with Crippen LogP contribution in [0.4, 0.5) is 10.1 Å². The van der Waals surface area contributed by atoms with Gasteiger partial charge in [-0.3, -0.25) is 4.79 Å². The topological polar surface area (TPSA) is 81.9 Å². The van der Waals surface area contributed by atoms with Crippen molar-refractivity contribution in [1.82, 2.24) is 20.2 Å². The van der Waals surface area contributed by atoms with E-state index in [1.165, 1.54) is 36.0 Å². The minimum absolute atomic E-state index is 0.279. The Balaban J connectivity index is 1.68. The van der Waals surface area contributed by atoms with E-state index in [-0.39, 0.29) is 11.7 Å². The standard InChI is InChI=1S/C23H20FN5O2S/c1-15-8-13-20(31-2)19(14-15)29-23(26-27-28-29)32-21(16-6-4-3-5-7-16)22(30)25-18-11-9-17(24)10-12-18/h3-14,21H,1-2H3,(H,25,30). The lowest BCUT2D eigenvalue weighted by molar-refractivity contribution is -0.115. The number of methoxy groups -OCH3 is 1. The number of rotatable bonds is 7. The number of carbonyl (C=O) groups is 1. The second-order valence-electron chi connectivity index (χ2n) is 6.95. The highest BCUT2D eigenvalue weighted by Gasteiger charge is 2.26. The number of amides is 1. The third-order valence-corrected chi connectivity index (χ3v) is 5.87. The molecule has 1 heterocycles. The van der Waals surface area contributed by atoms with Gasteiger partial charge in [0.25, 0.3) is 0 Å². The molecule has 1 unspecified atom stereocenters. The molecule has 0 saturated carbocycles. The molecular weight excluding hydrogens is 429 g/mol. The number of hydrogen-bond acceptors (Lipinski definition) is 6. The molecule has 0 saturated heterocycles. The van der Waals surface area contributed by atoms with Crippen molar-refractivity contribution in [1.29, 1.82) is 0 Å². The number of aryl methyl sites for hydroxylation is 1. The van der Waals surface area contributed by atoms with Crippen LogP contribution in [0.1, 0.15) is 16.4 Å². The molecule has 0 fully saturated rings. The molecule has 0 radical (unpaired) electrons. The first-order chi connectivity index (χ1) is 15.5. The Kier molecular flexibility index (Phi) is 6.46. The maximum Gasteiger partial charge on any atom is 0.242 e. The highest BCUT2D eigenvalue weighted by Crippen LogP contribution is 2.37. The summed E-state index contributed by atoms with van der Waals surface area (Å²) in [5, 5.41) is 14.7. The van der Waals surface area contributed by atoms with Crippen molar-refractivity contribution in [3.05, 3.63) is 89.7 Å². The Hall–Kier alpha value is -3.72. The molecule has 4 aromatic rings. The van der Waals surface area contributed by atoms with Gasteiger partial charge in [-0.1, -0.05) is 48.2 Å². The summed E-state index contributed by atoms with van der Waals surface area (Å²) in [6, 6.07) is 20.6. The second kappa shape index (κ2) is 9.61. The number of hydrogen-bond donors (Lipinski definition) is 1. The third kappa shape index (κ3) is 4.78. The molecule has 0 spiro atoms. The van der Waals surface area contributed by atoms with Crippen LogP contribution >= 0.6 is 11.8 Å². The largest absolute Gasteiger partial charge is 0.494 e. The number of thioether (sulfide) groups is 1. The molecule has 1 amide bonds. The quantitative estimate of drug-likeness (QED) is 0.416. The zero-order chi connectivity index (χ0) is 22.5. The first kappa shape index (κ1) is 21.5. The van der Waals surface area contributed by atoms with Gasteiger partial charge in [-0.05, 0) is 64.9 Å². The zero-order valence-corrected chi connectivity index (χ0v) is 18.2. The first-order valence-electron chi connectivity index (χ1n) is 9.76. The highest BCUT2D eigenvalue weighted by atomic mass is 32.2. The van der Waals surface area contributed by atoms with Crippen LogP contribution in [0.2, 0.25) is 0 Å². The lowest BCUT2D eigenvalue weighted by atomic mass is 10.1. The number of halogens is 1. The molecule has 1 atom stereocenters. The predicted molar refractivity (Wildman–Crippen MR) is 121 cm³/mol. The molecule has 0 bridgehead atoms. The van der Waals surface area contributed by atoms with Crippen molar-refractivity contribution >= 4 is 23.4 Å². The number of nitrogens with zero attached hydrogens (tertiary/aromatic N) is 4. The van der Waals surface area contributed by atoms with Crippen molar-refractivity contribution in [2.45, 2.75) is 17.3 Å². The maximum atomic E-state index is 13.2. The minimum atomic E-state index is -0.651. The Morgan fingerprint density at radius 2 is 1.84 bits per heavy atom. The fourth-order valence-corrected chi connectivity index (χ4v) is 4.10. The Bertz CT molecular complexity index is 1210. The van der Waals surface area contributed by atoms with E-state index in [1.54, 1.807) is 11.8 Å². The summed E-state index contributed by atoms with van der Waals surface area (Å²) in [5.41, 5.74) is 2.97. The lowest BCUT2D eigenvalue weighted by Crippen LogP contribution is -2.19. The summed E-state index contributed by atoms with van der Waals surface area (Å²) in [4.78, 5) is 13.2. The van der Waals surface area contributed by atoms with Crippen LogP contribution in [-0.4, -0.2) is 33.2 Å². The summed E-state index contributed by atoms with van der Waals surface area (Å²) in [6.45, 7) is 1.96. The minimum Gasteiger partial charge on any atom is -0.494 e. The van der Waals surface area contributed by atoms with E-state index in [0.29, 0.717) is 22.3 Å². The Morgan fingerprint density at radius 3 is 2.56 bits per heavy atom. The Labute approximate surface area is 188 Å². The van der Waals surface area contributed by atoms with Crippen LogP contribution in [0.25, 0.3) is 5.69 Å².